The van der Waals surface area contributed by atoms with E-state index in [-0.39, 0.29) is 11.6 Å². The molecule has 2 aromatic heterocycles. The second kappa shape index (κ2) is 7.93. The van der Waals surface area contributed by atoms with E-state index in [1.54, 1.807) is 25.2 Å². The molecule has 0 aliphatic carbocycles. The Bertz CT molecular complexity index is 1290. The Morgan fingerprint density at radius 1 is 1.13 bits per heavy atom. The second-order valence-corrected chi connectivity index (χ2v) is 6.49. The van der Waals surface area contributed by atoms with E-state index in [0.29, 0.717) is 28.7 Å². The Morgan fingerprint density at radius 3 is 2.73 bits per heavy atom. The van der Waals surface area contributed by atoms with Gasteiger partial charge in [-0.2, -0.15) is 5.26 Å². The maximum absolute atomic E-state index is 11.8. The number of fused-ring (bicyclic) bond motifs is 1. The highest BCUT2D eigenvalue weighted by atomic mass is 16.5. The number of hydrogen-bond donors (Lipinski definition) is 2. The minimum Gasteiger partial charge on any atom is -0.457 e. The lowest BCUT2D eigenvalue weighted by Gasteiger charge is -2.08. The molecule has 1 amide bonds. The number of amides is 1. The summed E-state index contributed by atoms with van der Waals surface area (Å²) in [6, 6.07) is 18.2. The molecule has 0 atom stereocenters. The average Bonchev–Trinajstić information content (AvgIpc) is 3.08. The smallest absolute Gasteiger partial charge is 0.269 e. The number of anilines is 2. The van der Waals surface area contributed by atoms with Crippen molar-refractivity contribution in [3.8, 4) is 17.6 Å². The number of pyridine rings is 1. The molecule has 8 heteroatoms. The van der Waals surface area contributed by atoms with Gasteiger partial charge in [-0.25, -0.2) is 4.98 Å². The van der Waals surface area contributed by atoms with Gasteiger partial charge in [0, 0.05) is 32.4 Å². The van der Waals surface area contributed by atoms with Crippen molar-refractivity contribution in [2.24, 2.45) is 7.05 Å². The quantitative estimate of drug-likeness (QED) is 0.531. The molecule has 0 spiro atoms. The van der Waals surface area contributed by atoms with E-state index in [4.69, 9.17) is 4.74 Å². The van der Waals surface area contributed by atoms with Gasteiger partial charge in [-0.15, -0.1) is 0 Å². The van der Waals surface area contributed by atoms with E-state index in [0.717, 1.165) is 11.0 Å². The number of nitriles is 1. The van der Waals surface area contributed by atoms with Crippen LogP contribution in [0.25, 0.3) is 11.0 Å². The number of imidazole rings is 1. The van der Waals surface area contributed by atoms with Crippen molar-refractivity contribution in [3.05, 3.63) is 72.1 Å². The number of nitrogens with zero attached hydrogens (tertiary/aromatic N) is 4. The molecule has 0 unspecified atom stereocenters. The van der Waals surface area contributed by atoms with Crippen LogP contribution >= 0.6 is 0 Å². The molecule has 0 saturated heterocycles. The fourth-order valence-electron chi connectivity index (χ4n) is 3.03. The van der Waals surface area contributed by atoms with Gasteiger partial charge in [0.05, 0.1) is 22.3 Å². The van der Waals surface area contributed by atoms with Gasteiger partial charge in [-0.3, -0.25) is 9.78 Å². The van der Waals surface area contributed by atoms with Gasteiger partial charge in [0.1, 0.15) is 23.3 Å². The van der Waals surface area contributed by atoms with E-state index in [2.05, 4.69) is 26.7 Å². The lowest BCUT2D eigenvalue weighted by molar-refractivity contribution is 0.0958. The lowest BCUT2D eigenvalue weighted by atomic mass is 10.2. The number of ether oxygens (including phenoxy) is 1. The number of carbonyl (C=O) groups is 1. The molecule has 0 saturated carbocycles. The number of nitrogens with one attached hydrogen (secondary N) is 2. The van der Waals surface area contributed by atoms with Gasteiger partial charge in [-0.1, -0.05) is 12.1 Å². The molecule has 2 heterocycles. The van der Waals surface area contributed by atoms with Crippen LogP contribution in [0.5, 0.6) is 11.5 Å². The Morgan fingerprint density at radius 2 is 1.93 bits per heavy atom. The summed E-state index contributed by atoms with van der Waals surface area (Å²) >= 11 is 0. The van der Waals surface area contributed by atoms with Gasteiger partial charge in [0.25, 0.3) is 5.91 Å². The van der Waals surface area contributed by atoms with Gasteiger partial charge in [-0.05, 0) is 30.3 Å². The Hall–Kier alpha value is -4.38. The highest BCUT2D eigenvalue weighted by molar-refractivity contribution is 5.92. The zero-order valence-corrected chi connectivity index (χ0v) is 16.4. The zero-order valence-electron chi connectivity index (χ0n) is 16.4. The molecule has 0 fully saturated rings. The molecule has 0 aliphatic heterocycles. The molecule has 2 aromatic carbocycles. The SMILES string of the molecule is CNC(=O)c1cc(Oc2ccc3c(c2)nc(Nc2ccccc2C#N)n3C)ccn1. The van der Waals surface area contributed by atoms with Crippen LogP contribution in [0, 0.1) is 11.3 Å². The average molecular weight is 398 g/mol. The third-order valence-electron chi connectivity index (χ3n) is 4.57. The number of carbonyl (C=O) groups excluding carboxylic acids is 1. The Balaban J connectivity index is 1.62. The topological polar surface area (TPSA) is 105 Å². The van der Waals surface area contributed by atoms with E-state index in [1.807, 2.05) is 48.0 Å². The van der Waals surface area contributed by atoms with Crippen LogP contribution in [0.4, 0.5) is 11.6 Å². The molecular formula is C22H18N6O2. The third kappa shape index (κ3) is 3.64. The monoisotopic (exact) mass is 398 g/mol. The Kier molecular flexibility index (Phi) is 5.01. The number of benzene rings is 2. The first kappa shape index (κ1) is 19.0. The second-order valence-electron chi connectivity index (χ2n) is 6.49. The van der Waals surface area contributed by atoms with Crippen molar-refractivity contribution >= 4 is 28.6 Å². The lowest BCUT2D eigenvalue weighted by Crippen LogP contribution is -2.18. The maximum Gasteiger partial charge on any atom is 0.269 e. The minimum atomic E-state index is -0.283. The molecule has 4 rings (SSSR count). The number of aromatic nitrogens is 3. The normalized spacial score (nSPS) is 10.4. The molecule has 148 valence electrons. The van der Waals surface area contributed by atoms with Crippen molar-refractivity contribution in [1.82, 2.24) is 19.9 Å². The molecule has 0 aliphatic rings. The molecule has 2 N–H and O–H groups in total. The van der Waals surface area contributed by atoms with Crippen LogP contribution in [0.15, 0.2) is 60.8 Å². The highest BCUT2D eigenvalue weighted by Gasteiger charge is 2.12. The van der Waals surface area contributed by atoms with Crippen LogP contribution in [0.2, 0.25) is 0 Å². The third-order valence-corrected chi connectivity index (χ3v) is 4.57. The largest absolute Gasteiger partial charge is 0.457 e. The maximum atomic E-state index is 11.8. The molecule has 30 heavy (non-hydrogen) atoms. The van der Waals surface area contributed by atoms with Crippen LogP contribution < -0.4 is 15.4 Å². The summed E-state index contributed by atoms with van der Waals surface area (Å²) in [7, 11) is 3.44. The minimum absolute atomic E-state index is 0.275. The fraction of sp³-hybridized carbons (Fsp3) is 0.0909. The molecular weight excluding hydrogens is 380 g/mol. The predicted molar refractivity (Wildman–Crippen MR) is 113 cm³/mol. The van der Waals surface area contributed by atoms with Gasteiger partial charge < -0.3 is 19.9 Å². The Labute approximate surface area is 172 Å². The summed E-state index contributed by atoms with van der Waals surface area (Å²) in [5.74, 6) is 1.41. The predicted octanol–water partition coefficient (Wildman–Crippen LogP) is 3.74. The van der Waals surface area contributed by atoms with Crippen molar-refractivity contribution in [3.63, 3.8) is 0 Å². The van der Waals surface area contributed by atoms with Crippen molar-refractivity contribution in [2.75, 3.05) is 12.4 Å². The van der Waals surface area contributed by atoms with Crippen molar-refractivity contribution in [1.29, 1.82) is 5.26 Å². The first-order valence-corrected chi connectivity index (χ1v) is 9.17. The number of hydrogen-bond acceptors (Lipinski definition) is 6. The zero-order chi connectivity index (χ0) is 21.1. The first-order valence-electron chi connectivity index (χ1n) is 9.17. The summed E-state index contributed by atoms with van der Waals surface area (Å²) in [4.78, 5) is 20.4. The van der Waals surface area contributed by atoms with E-state index in [9.17, 15) is 10.1 Å². The van der Waals surface area contributed by atoms with Gasteiger partial charge in [0.2, 0.25) is 5.95 Å². The number of para-hydroxylation sites is 1. The highest BCUT2D eigenvalue weighted by Crippen LogP contribution is 2.28. The van der Waals surface area contributed by atoms with E-state index < -0.39 is 0 Å². The summed E-state index contributed by atoms with van der Waals surface area (Å²) in [5.41, 5.74) is 3.13. The summed E-state index contributed by atoms with van der Waals surface area (Å²) < 4.78 is 7.80. The summed E-state index contributed by atoms with van der Waals surface area (Å²) in [6.45, 7) is 0. The molecule has 8 nitrogen and oxygen atoms in total. The van der Waals surface area contributed by atoms with E-state index in [1.165, 1.54) is 6.20 Å². The van der Waals surface area contributed by atoms with Crippen molar-refractivity contribution < 1.29 is 9.53 Å². The van der Waals surface area contributed by atoms with Gasteiger partial charge in [0.15, 0.2) is 0 Å². The molecule has 0 bridgehead atoms. The van der Waals surface area contributed by atoms with Crippen molar-refractivity contribution in [2.45, 2.75) is 0 Å². The number of aryl methyl sites for hydroxylation is 1. The number of rotatable bonds is 5. The van der Waals surface area contributed by atoms with Gasteiger partial charge >= 0.3 is 0 Å². The van der Waals surface area contributed by atoms with Crippen LogP contribution in [-0.4, -0.2) is 27.5 Å². The molecule has 4 aromatic rings. The van der Waals surface area contributed by atoms with Crippen LogP contribution in [0.1, 0.15) is 16.1 Å². The standard InChI is InChI=1S/C22H18N6O2/c1-24-21(29)19-12-16(9-10-25-19)30-15-7-8-20-18(11-15)27-22(28(20)2)26-17-6-4-3-5-14(17)13-23/h3-12H,1-2H3,(H,24,29)(H,26,27). The van der Waals surface area contributed by atoms with Crippen LogP contribution in [0.3, 0.4) is 0 Å². The molecule has 0 radical (unpaired) electrons. The fourth-order valence-corrected chi connectivity index (χ4v) is 3.03. The first-order chi connectivity index (χ1) is 14.6. The van der Waals surface area contributed by atoms with E-state index >= 15 is 0 Å². The summed E-state index contributed by atoms with van der Waals surface area (Å²) in [5, 5.41) is 15.0. The summed E-state index contributed by atoms with van der Waals surface area (Å²) in [6.07, 6.45) is 1.52. The van der Waals surface area contributed by atoms with Crippen LogP contribution in [-0.2, 0) is 7.05 Å².